The first-order chi connectivity index (χ1) is 13.1. The van der Waals surface area contributed by atoms with E-state index in [4.69, 9.17) is 9.72 Å². The molecule has 0 bridgehead atoms. The van der Waals surface area contributed by atoms with Crippen molar-refractivity contribution in [1.82, 2.24) is 10.3 Å². The fraction of sp³-hybridized carbons (Fsp3) is 0.714. The number of carbonyl (C=O) groups excluding carboxylic acids is 1. The summed E-state index contributed by atoms with van der Waals surface area (Å²) in [6, 6.07) is 2.04. The van der Waals surface area contributed by atoms with Crippen LogP contribution in [0.25, 0.3) is 0 Å². The molecule has 2 heterocycles. The van der Waals surface area contributed by atoms with Gasteiger partial charge in [-0.3, -0.25) is 4.79 Å². The van der Waals surface area contributed by atoms with E-state index in [1.54, 1.807) is 0 Å². The van der Waals surface area contributed by atoms with Gasteiger partial charge in [0.05, 0.1) is 30.6 Å². The average Bonchev–Trinajstić information content (AvgIpc) is 3.52. The van der Waals surface area contributed by atoms with Gasteiger partial charge in [0.25, 0.3) is 5.91 Å². The van der Waals surface area contributed by atoms with Crippen LogP contribution in [0, 0.1) is 12.8 Å². The van der Waals surface area contributed by atoms with Crippen LogP contribution in [0.5, 0.6) is 0 Å². The lowest BCUT2D eigenvalue weighted by Crippen LogP contribution is -2.38. The predicted octanol–water partition coefficient (Wildman–Crippen LogP) is 2.38. The van der Waals surface area contributed by atoms with Crippen LogP contribution < -0.4 is 10.2 Å². The number of amides is 1. The quantitative estimate of drug-likeness (QED) is 0.829. The van der Waals surface area contributed by atoms with Gasteiger partial charge in [0.15, 0.2) is 0 Å². The van der Waals surface area contributed by atoms with Crippen LogP contribution in [-0.2, 0) is 4.74 Å². The molecule has 0 unspecified atom stereocenters. The van der Waals surface area contributed by atoms with Crippen molar-refractivity contribution in [2.24, 2.45) is 5.92 Å². The number of nitrogens with zero attached hydrogens (tertiary/aromatic N) is 2. The van der Waals surface area contributed by atoms with Crippen LogP contribution in [0.2, 0.25) is 0 Å². The summed E-state index contributed by atoms with van der Waals surface area (Å²) in [4.78, 5) is 20.2. The fourth-order valence-corrected chi connectivity index (χ4v) is 4.32. The first-order valence-electron chi connectivity index (χ1n) is 10.4. The number of nitrogens with one attached hydrogen (secondary N) is 1. The minimum absolute atomic E-state index is 0.0341. The summed E-state index contributed by atoms with van der Waals surface area (Å²) in [5.74, 6) is 1.52. The Morgan fingerprint density at radius 3 is 2.70 bits per heavy atom. The zero-order valence-corrected chi connectivity index (χ0v) is 16.2. The van der Waals surface area contributed by atoms with Crippen LogP contribution in [0.3, 0.4) is 0 Å². The second-order valence-electron chi connectivity index (χ2n) is 8.25. The summed E-state index contributed by atoms with van der Waals surface area (Å²) >= 11 is 0. The minimum Gasteiger partial charge on any atom is -0.393 e. The van der Waals surface area contributed by atoms with Crippen LogP contribution in [0.15, 0.2) is 6.07 Å². The maximum atomic E-state index is 13.0. The Balaban J connectivity index is 1.51. The van der Waals surface area contributed by atoms with Gasteiger partial charge in [0.1, 0.15) is 5.82 Å². The van der Waals surface area contributed by atoms with Gasteiger partial charge in [-0.05, 0) is 44.2 Å². The number of ether oxygens (including phenoxy) is 1. The number of aryl methyl sites for hydroxylation is 1. The Kier molecular flexibility index (Phi) is 5.64. The Labute approximate surface area is 161 Å². The van der Waals surface area contributed by atoms with Crippen molar-refractivity contribution in [2.45, 2.75) is 57.5 Å². The van der Waals surface area contributed by atoms with Crippen molar-refractivity contribution < 1.29 is 14.6 Å². The maximum absolute atomic E-state index is 13.0. The van der Waals surface area contributed by atoms with Gasteiger partial charge < -0.3 is 20.1 Å². The highest BCUT2D eigenvalue weighted by Crippen LogP contribution is 2.42. The van der Waals surface area contributed by atoms with Crippen molar-refractivity contribution in [3.63, 3.8) is 0 Å². The molecule has 6 heteroatoms. The molecule has 3 aliphatic rings. The molecule has 2 aliphatic carbocycles. The van der Waals surface area contributed by atoms with E-state index >= 15 is 0 Å². The Morgan fingerprint density at radius 1 is 1.26 bits per heavy atom. The van der Waals surface area contributed by atoms with Crippen molar-refractivity contribution in [1.29, 1.82) is 0 Å². The van der Waals surface area contributed by atoms with Gasteiger partial charge in [-0.1, -0.05) is 12.8 Å². The molecule has 1 aromatic heterocycles. The second kappa shape index (κ2) is 8.15. The molecule has 1 aliphatic heterocycles. The van der Waals surface area contributed by atoms with Gasteiger partial charge in [-0.25, -0.2) is 4.98 Å². The second-order valence-corrected chi connectivity index (χ2v) is 8.25. The highest BCUT2D eigenvalue weighted by atomic mass is 16.5. The summed E-state index contributed by atoms with van der Waals surface area (Å²) in [6.07, 6.45) is 6.00. The number of anilines is 1. The number of morpholine rings is 1. The predicted molar refractivity (Wildman–Crippen MR) is 104 cm³/mol. The zero-order chi connectivity index (χ0) is 18.8. The molecule has 4 rings (SSSR count). The number of aliphatic hydroxyl groups is 1. The van der Waals surface area contributed by atoms with E-state index in [0.717, 1.165) is 87.5 Å². The lowest BCUT2D eigenvalue weighted by Gasteiger charge is -2.29. The molecule has 0 spiro atoms. The minimum atomic E-state index is -0.287. The maximum Gasteiger partial charge on any atom is 0.253 e. The number of carbonyl (C=O) groups is 1. The molecule has 2 atom stereocenters. The van der Waals surface area contributed by atoms with Crippen LogP contribution in [0.1, 0.15) is 66.1 Å². The lowest BCUT2D eigenvalue weighted by molar-refractivity contribution is 0.0662. The van der Waals surface area contributed by atoms with E-state index in [2.05, 4.69) is 10.2 Å². The van der Waals surface area contributed by atoms with E-state index in [-0.39, 0.29) is 17.9 Å². The van der Waals surface area contributed by atoms with E-state index in [1.165, 1.54) is 0 Å². The Hall–Kier alpha value is -1.66. The fourth-order valence-electron chi connectivity index (χ4n) is 4.32. The molecule has 0 radical (unpaired) electrons. The van der Waals surface area contributed by atoms with E-state index in [0.29, 0.717) is 12.5 Å². The molecule has 3 fully saturated rings. The molecule has 2 saturated carbocycles. The summed E-state index contributed by atoms with van der Waals surface area (Å²) in [5, 5.41) is 13.3. The Bertz CT molecular complexity index is 683. The molecule has 2 N–H and O–H groups in total. The SMILES string of the molecule is Cc1cc(N2CCOCC2)nc(C2CC2)c1C(=O)NC[C@@H]1CCCC[C@H]1O. The van der Waals surface area contributed by atoms with E-state index in [9.17, 15) is 9.90 Å². The third-order valence-electron chi connectivity index (χ3n) is 6.15. The number of aromatic nitrogens is 1. The summed E-state index contributed by atoms with van der Waals surface area (Å²) in [7, 11) is 0. The summed E-state index contributed by atoms with van der Waals surface area (Å²) in [5.41, 5.74) is 2.70. The first-order valence-corrected chi connectivity index (χ1v) is 10.4. The number of hydrogen-bond acceptors (Lipinski definition) is 5. The van der Waals surface area contributed by atoms with Crippen molar-refractivity contribution >= 4 is 11.7 Å². The molecule has 1 aromatic rings. The van der Waals surface area contributed by atoms with Crippen LogP contribution in [-0.4, -0.2) is 54.9 Å². The normalized spacial score (nSPS) is 26.1. The van der Waals surface area contributed by atoms with E-state index < -0.39 is 0 Å². The van der Waals surface area contributed by atoms with Gasteiger partial charge in [-0.15, -0.1) is 0 Å². The number of hydrogen-bond donors (Lipinski definition) is 2. The smallest absolute Gasteiger partial charge is 0.253 e. The van der Waals surface area contributed by atoms with Crippen molar-refractivity contribution in [3.05, 3.63) is 22.9 Å². The molecule has 148 valence electrons. The first kappa shape index (κ1) is 18.7. The molecular formula is C21H31N3O3. The van der Waals surface area contributed by atoms with Gasteiger partial charge >= 0.3 is 0 Å². The van der Waals surface area contributed by atoms with Crippen molar-refractivity contribution in [2.75, 3.05) is 37.7 Å². The topological polar surface area (TPSA) is 74.7 Å². The molecule has 1 saturated heterocycles. The number of aliphatic hydroxyl groups excluding tert-OH is 1. The number of rotatable bonds is 5. The zero-order valence-electron chi connectivity index (χ0n) is 16.2. The average molecular weight is 373 g/mol. The van der Waals surface area contributed by atoms with Crippen LogP contribution in [0.4, 0.5) is 5.82 Å². The van der Waals surface area contributed by atoms with Gasteiger partial charge in [0, 0.05) is 31.5 Å². The molecule has 1 amide bonds. The Morgan fingerprint density at radius 2 is 2.00 bits per heavy atom. The van der Waals surface area contributed by atoms with Crippen molar-refractivity contribution in [3.8, 4) is 0 Å². The molecule has 27 heavy (non-hydrogen) atoms. The highest BCUT2D eigenvalue weighted by molar-refractivity contribution is 5.97. The van der Waals surface area contributed by atoms with Gasteiger partial charge in [0.2, 0.25) is 0 Å². The lowest BCUT2D eigenvalue weighted by atomic mass is 9.86. The van der Waals surface area contributed by atoms with Gasteiger partial charge in [-0.2, -0.15) is 0 Å². The molecule has 0 aromatic carbocycles. The monoisotopic (exact) mass is 373 g/mol. The van der Waals surface area contributed by atoms with E-state index in [1.807, 2.05) is 13.0 Å². The molecular weight excluding hydrogens is 342 g/mol. The molecule has 6 nitrogen and oxygen atoms in total. The summed E-state index contributed by atoms with van der Waals surface area (Å²) in [6.45, 7) is 5.72. The highest BCUT2D eigenvalue weighted by Gasteiger charge is 2.32. The van der Waals surface area contributed by atoms with Crippen LogP contribution >= 0.6 is 0 Å². The number of pyridine rings is 1. The standard InChI is InChI=1S/C21H31N3O3/c1-14-12-18(24-8-10-27-11-9-24)23-20(15-6-7-15)19(14)21(26)22-13-16-4-2-3-5-17(16)25/h12,15-17,25H,2-11,13H2,1H3,(H,22,26)/t16-,17+/m0/s1. The summed E-state index contributed by atoms with van der Waals surface area (Å²) < 4.78 is 5.45. The largest absolute Gasteiger partial charge is 0.393 e. The third-order valence-corrected chi connectivity index (χ3v) is 6.15. The third kappa shape index (κ3) is 4.27.